The summed E-state index contributed by atoms with van der Waals surface area (Å²) in [4.78, 5) is 13.5. The molecule has 0 aromatic heterocycles. The van der Waals surface area contributed by atoms with E-state index < -0.39 is 14.6 Å². The van der Waals surface area contributed by atoms with E-state index in [0.717, 1.165) is 18.4 Å². The van der Waals surface area contributed by atoms with E-state index in [1.54, 1.807) is 13.0 Å². The lowest BCUT2D eigenvalue weighted by Gasteiger charge is -2.32. The molecule has 0 bridgehead atoms. The number of nitrogens with one attached hydrogen (secondary N) is 1. The third kappa shape index (κ3) is 3.41. The van der Waals surface area contributed by atoms with Gasteiger partial charge in [0, 0.05) is 6.04 Å². The molecule has 2 aliphatic rings. The topological polar surface area (TPSA) is 83.5 Å². The van der Waals surface area contributed by atoms with Crippen molar-refractivity contribution in [2.75, 3.05) is 0 Å². The quantitative estimate of drug-likeness (QED) is 0.843. The Morgan fingerprint density at radius 2 is 1.73 bits per heavy atom. The fourth-order valence-corrected chi connectivity index (χ4v) is 6.69. The molecule has 0 saturated heterocycles. The number of benzene rings is 1. The first-order valence-corrected chi connectivity index (χ1v) is 11.1. The number of carbonyl (C=O) groups excluding carboxylic acids is 1. The van der Waals surface area contributed by atoms with Gasteiger partial charge < -0.3 is 10.4 Å². The minimum Gasteiger partial charge on any atom is -0.393 e. The minimum atomic E-state index is -3.78. The van der Waals surface area contributed by atoms with Gasteiger partial charge in [0.25, 0.3) is 0 Å². The Bertz CT molecular complexity index is 773. The first-order chi connectivity index (χ1) is 12.3. The number of sulfone groups is 1. The Labute approximate surface area is 156 Å². The second-order valence-electron chi connectivity index (χ2n) is 7.95. The lowest BCUT2D eigenvalue weighted by atomic mass is 9.92. The second kappa shape index (κ2) is 7.31. The lowest BCUT2D eigenvalue weighted by molar-refractivity contribution is -0.124. The zero-order valence-electron chi connectivity index (χ0n) is 15.6. The largest absolute Gasteiger partial charge is 0.393 e. The van der Waals surface area contributed by atoms with Crippen LogP contribution in [0.1, 0.15) is 62.5 Å². The number of aliphatic hydroxyl groups excluding tert-OH is 1. The van der Waals surface area contributed by atoms with Crippen LogP contribution in [0.2, 0.25) is 0 Å². The number of rotatable bonds is 4. The van der Waals surface area contributed by atoms with Crippen molar-refractivity contribution in [3.8, 4) is 0 Å². The van der Waals surface area contributed by atoms with Crippen LogP contribution in [0.15, 0.2) is 23.1 Å². The molecule has 2 aliphatic carbocycles. The van der Waals surface area contributed by atoms with Gasteiger partial charge in [-0.25, -0.2) is 8.42 Å². The summed E-state index contributed by atoms with van der Waals surface area (Å²) in [6, 6.07) is 5.35. The Morgan fingerprint density at radius 1 is 1.12 bits per heavy atom. The highest BCUT2D eigenvalue weighted by Crippen LogP contribution is 2.42. The average molecular weight is 380 g/mol. The highest BCUT2D eigenvalue weighted by Gasteiger charge is 2.53. The van der Waals surface area contributed by atoms with Gasteiger partial charge in [0.1, 0.15) is 0 Å². The summed E-state index contributed by atoms with van der Waals surface area (Å²) < 4.78 is 25.8. The van der Waals surface area contributed by atoms with Crippen molar-refractivity contribution in [2.24, 2.45) is 0 Å². The van der Waals surface area contributed by atoms with Gasteiger partial charge in [-0.15, -0.1) is 0 Å². The van der Waals surface area contributed by atoms with E-state index in [1.165, 1.54) is 0 Å². The molecule has 5 nitrogen and oxygen atoms in total. The van der Waals surface area contributed by atoms with Gasteiger partial charge in [-0.2, -0.15) is 0 Å². The molecule has 0 atom stereocenters. The summed E-state index contributed by atoms with van der Waals surface area (Å²) >= 11 is 0. The molecule has 3 rings (SSSR count). The number of aryl methyl sites for hydroxylation is 2. The Hall–Kier alpha value is -1.40. The number of aliphatic hydroxyl groups is 1. The number of hydrogen-bond donors (Lipinski definition) is 2. The van der Waals surface area contributed by atoms with Crippen LogP contribution in [-0.2, 0) is 14.6 Å². The third-order valence-electron chi connectivity index (χ3n) is 6.00. The Kier molecular flexibility index (Phi) is 5.45. The summed E-state index contributed by atoms with van der Waals surface area (Å²) in [7, 11) is -3.78. The van der Waals surface area contributed by atoms with Gasteiger partial charge in [-0.1, -0.05) is 25.0 Å². The lowest BCUT2D eigenvalue weighted by Crippen LogP contribution is -2.54. The highest BCUT2D eigenvalue weighted by molar-refractivity contribution is 7.93. The fraction of sp³-hybridized carbons (Fsp3) is 0.650. The highest BCUT2D eigenvalue weighted by atomic mass is 32.2. The van der Waals surface area contributed by atoms with Crippen molar-refractivity contribution in [1.82, 2.24) is 5.32 Å². The van der Waals surface area contributed by atoms with Crippen LogP contribution in [0.3, 0.4) is 0 Å². The number of amides is 1. The maximum absolute atomic E-state index is 13.6. The molecule has 144 valence electrons. The van der Waals surface area contributed by atoms with E-state index in [4.69, 9.17) is 0 Å². The molecule has 0 unspecified atom stereocenters. The minimum absolute atomic E-state index is 0.0443. The second-order valence-corrected chi connectivity index (χ2v) is 10.2. The van der Waals surface area contributed by atoms with Crippen LogP contribution < -0.4 is 5.32 Å². The molecule has 26 heavy (non-hydrogen) atoms. The zero-order chi connectivity index (χ0) is 18.9. The number of carbonyl (C=O) groups is 1. The van der Waals surface area contributed by atoms with Crippen molar-refractivity contribution >= 4 is 15.7 Å². The molecule has 1 aromatic carbocycles. The van der Waals surface area contributed by atoms with Gasteiger partial charge in [0.15, 0.2) is 14.6 Å². The molecule has 2 saturated carbocycles. The maximum atomic E-state index is 13.6. The summed E-state index contributed by atoms with van der Waals surface area (Å²) in [6.45, 7) is 3.66. The van der Waals surface area contributed by atoms with E-state index in [9.17, 15) is 18.3 Å². The maximum Gasteiger partial charge on any atom is 0.242 e. The van der Waals surface area contributed by atoms with Gasteiger partial charge in [-0.05, 0) is 69.6 Å². The SMILES string of the molecule is Cc1ccc(C)c(S(=O)(=O)C2(C(=O)NC3CCC(O)CC3)CCCC2)c1. The molecular weight excluding hydrogens is 350 g/mol. The fourth-order valence-electron chi connectivity index (χ4n) is 4.31. The first kappa shape index (κ1) is 19.4. The van der Waals surface area contributed by atoms with E-state index in [0.29, 0.717) is 44.1 Å². The van der Waals surface area contributed by atoms with Gasteiger partial charge in [-0.3, -0.25) is 4.79 Å². The molecule has 1 amide bonds. The van der Waals surface area contributed by atoms with Crippen molar-refractivity contribution in [2.45, 2.75) is 87.0 Å². The molecule has 0 aliphatic heterocycles. The van der Waals surface area contributed by atoms with E-state index in [2.05, 4.69) is 5.32 Å². The normalized spacial score (nSPS) is 25.8. The molecule has 6 heteroatoms. The van der Waals surface area contributed by atoms with Crippen LogP contribution in [0, 0.1) is 13.8 Å². The van der Waals surface area contributed by atoms with Crippen LogP contribution >= 0.6 is 0 Å². The van der Waals surface area contributed by atoms with Crippen molar-refractivity contribution in [3.05, 3.63) is 29.3 Å². The molecule has 0 radical (unpaired) electrons. The average Bonchev–Trinajstić information content (AvgIpc) is 3.11. The smallest absolute Gasteiger partial charge is 0.242 e. The standard InChI is InChI=1S/C20H29NO4S/c1-14-5-6-15(2)18(13-14)26(24,25)20(11-3-4-12-20)19(23)21-16-7-9-17(22)10-8-16/h5-6,13,16-17,22H,3-4,7-12H2,1-2H3,(H,21,23). The van der Waals surface area contributed by atoms with Crippen LogP contribution in [0.5, 0.6) is 0 Å². The van der Waals surface area contributed by atoms with E-state index in [-0.39, 0.29) is 22.9 Å². The third-order valence-corrected chi connectivity index (χ3v) is 8.65. The molecule has 0 spiro atoms. The van der Waals surface area contributed by atoms with Gasteiger partial charge in [0.2, 0.25) is 5.91 Å². The van der Waals surface area contributed by atoms with Gasteiger partial charge in [0.05, 0.1) is 11.0 Å². The summed E-state index contributed by atoms with van der Waals surface area (Å²) in [6.07, 6.45) is 4.67. The van der Waals surface area contributed by atoms with Crippen LogP contribution in [0.25, 0.3) is 0 Å². The van der Waals surface area contributed by atoms with Crippen molar-refractivity contribution in [3.63, 3.8) is 0 Å². The first-order valence-electron chi connectivity index (χ1n) is 9.57. The zero-order valence-corrected chi connectivity index (χ0v) is 16.4. The molecule has 2 fully saturated rings. The van der Waals surface area contributed by atoms with E-state index >= 15 is 0 Å². The summed E-state index contributed by atoms with van der Waals surface area (Å²) in [5.41, 5.74) is 1.57. The van der Waals surface area contributed by atoms with Crippen molar-refractivity contribution < 1.29 is 18.3 Å². The Balaban J connectivity index is 1.92. The van der Waals surface area contributed by atoms with Crippen LogP contribution in [0.4, 0.5) is 0 Å². The molecule has 1 aromatic rings. The summed E-state index contributed by atoms with van der Waals surface area (Å²) in [5.74, 6) is -0.350. The predicted octanol–water partition coefficient (Wildman–Crippen LogP) is 2.81. The molecule has 0 heterocycles. The van der Waals surface area contributed by atoms with Gasteiger partial charge >= 0.3 is 0 Å². The van der Waals surface area contributed by atoms with E-state index in [1.807, 2.05) is 19.1 Å². The Morgan fingerprint density at radius 3 is 2.35 bits per heavy atom. The predicted molar refractivity (Wildman–Crippen MR) is 101 cm³/mol. The van der Waals surface area contributed by atoms with Crippen LogP contribution in [-0.4, -0.2) is 36.3 Å². The number of hydrogen-bond acceptors (Lipinski definition) is 4. The summed E-state index contributed by atoms with van der Waals surface area (Å²) in [5, 5.41) is 12.7. The monoisotopic (exact) mass is 379 g/mol. The molecule has 2 N–H and O–H groups in total. The molecular formula is C20H29NO4S. The van der Waals surface area contributed by atoms with Crippen molar-refractivity contribution in [1.29, 1.82) is 0 Å².